The highest BCUT2D eigenvalue weighted by atomic mass is 16.5. The van der Waals surface area contributed by atoms with Crippen LogP contribution in [0.3, 0.4) is 0 Å². The highest BCUT2D eigenvalue weighted by Crippen LogP contribution is 2.31. The fourth-order valence-electron chi connectivity index (χ4n) is 2.47. The van der Waals surface area contributed by atoms with Gasteiger partial charge < -0.3 is 20.5 Å². The SMILES string of the molecule is N#Cc1ccc(C2COCC3=C2NC(O)NC3=O)cc1. The summed E-state index contributed by atoms with van der Waals surface area (Å²) in [5, 5.41) is 23.7. The smallest absolute Gasteiger partial charge is 0.254 e. The molecular weight excluding hydrogens is 258 g/mol. The van der Waals surface area contributed by atoms with Gasteiger partial charge in [0.1, 0.15) is 0 Å². The summed E-state index contributed by atoms with van der Waals surface area (Å²) in [4.78, 5) is 11.8. The second-order valence-electron chi connectivity index (χ2n) is 4.71. The van der Waals surface area contributed by atoms with E-state index in [1.54, 1.807) is 12.1 Å². The molecule has 2 aliphatic rings. The largest absolute Gasteiger partial charge is 0.375 e. The number of carbonyl (C=O) groups excluding carboxylic acids is 1. The van der Waals surface area contributed by atoms with E-state index in [1.165, 1.54) is 0 Å². The molecule has 1 amide bonds. The van der Waals surface area contributed by atoms with Gasteiger partial charge in [0.15, 0.2) is 0 Å². The van der Waals surface area contributed by atoms with Gasteiger partial charge in [0.05, 0.1) is 30.4 Å². The van der Waals surface area contributed by atoms with Crippen LogP contribution in [0, 0.1) is 11.3 Å². The number of aliphatic hydroxyl groups excluding tert-OH is 1. The van der Waals surface area contributed by atoms with Gasteiger partial charge in [-0.2, -0.15) is 5.26 Å². The molecule has 3 rings (SSSR count). The molecule has 0 aliphatic carbocycles. The van der Waals surface area contributed by atoms with Gasteiger partial charge in [-0.15, -0.1) is 0 Å². The van der Waals surface area contributed by atoms with Crippen molar-refractivity contribution in [2.45, 2.75) is 12.3 Å². The highest BCUT2D eigenvalue weighted by molar-refractivity contribution is 5.95. The lowest BCUT2D eigenvalue weighted by Crippen LogP contribution is -2.53. The summed E-state index contributed by atoms with van der Waals surface area (Å²) < 4.78 is 5.46. The van der Waals surface area contributed by atoms with Gasteiger partial charge in [0.25, 0.3) is 5.91 Å². The molecule has 0 fully saturated rings. The zero-order valence-corrected chi connectivity index (χ0v) is 10.6. The topological polar surface area (TPSA) is 94.4 Å². The van der Waals surface area contributed by atoms with E-state index in [2.05, 4.69) is 16.7 Å². The molecule has 6 heteroatoms. The molecule has 0 aromatic heterocycles. The minimum Gasteiger partial charge on any atom is -0.375 e. The monoisotopic (exact) mass is 271 g/mol. The number of nitrogens with zero attached hydrogens (tertiary/aromatic N) is 1. The summed E-state index contributed by atoms with van der Waals surface area (Å²) in [6, 6.07) is 9.19. The normalized spacial score (nSPS) is 25.3. The molecule has 6 nitrogen and oxygen atoms in total. The molecule has 102 valence electrons. The van der Waals surface area contributed by atoms with Crippen LogP contribution < -0.4 is 10.6 Å². The molecule has 0 saturated heterocycles. The number of ether oxygens (including phenoxy) is 1. The molecule has 0 spiro atoms. The lowest BCUT2D eigenvalue weighted by atomic mass is 9.90. The standard InChI is InChI=1S/C14H13N3O3/c15-5-8-1-3-9(4-2-8)10-6-20-7-11-12(10)16-14(19)17-13(11)18/h1-4,10,14,16,19H,6-7H2,(H,17,18). The van der Waals surface area contributed by atoms with E-state index in [9.17, 15) is 9.90 Å². The van der Waals surface area contributed by atoms with Crippen molar-refractivity contribution in [3.8, 4) is 6.07 Å². The van der Waals surface area contributed by atoms with Crippen molar-refractivity contribution < 1.29 is 14.6 Å². The van der Waals surface area contributed by atoms with Gasteiger partial charge in [-0.05, 0) is 17.7 Å². The Bertz CT molecular complexity index is 616. The van der Waals surface area contributed by atoms with Gasteiger partial charge in [0, 0.05) is 11.6 Å². The van der Waals surface area contributed by atoms with Gasteiger partial charge in [0.2, 0.25) is 6.35 Å². The third-order valence-electron chi connectivity index (χ3n) is 3.48. The average molecular weight is 271 g/mol. The number of nitrogens with one attached hydrogen (secondary N) is 2. The molecule has 0 bridgehead atoms. The van der Waals surface area contributed by atoms with E-state index in [-0.39, 0.29) is 18.4 Å². The minimum absolute atomic E-state index is 0.146. The van der Waals surface area contributed by atoms with Gasteiger partial charge in [-0.3, -0.25) is 4.79 Å². The predicted octanol–water partition coefficient (Wildman–Crippen LogP) is -0.0785. The van der Waals surface area contributed by atoms with Crippen LogP contribution in [0.5, 0.6) is 0 Å². The van der Waals surface area contributed by atoms with Crippen LogP contribution in [0.1, 0.15) is 17.0 Å². The van der Waals surface area contributed by atoms with Crippen molar-refractivity contribution in [2.24, 2.45) is 0 Å². The number of aliphatic hydroxyl groups is 1. The van der Waals surface area contributed by atoms with Crippen LogP contribution in [0.4, 0.5) is 0 Å². The Morgan fingerprint density at radius 1 is 1.30 bits per heavy atom. The molecule has 2 unspecified atom stereocenters. The van der Waals surface area contributed by atoms with E-state index < -0.39 is 6.35 Å². The summed E-state index contributed by atoms with van der Waals surface area (Å²) in [5.41, 5.74) is 2.72. The van der Waals surface area contributed by atoms with Crippen LogP contribution in [0.15, 0.2) is 35.5 Å². The molecule has 0 saturated carbocycles. The van der Waals surface area contributed by atoms with Crippen LogP contribution in [-0.2, 0) is 9.53 Å². The molecule has 3 N–H and O–H groups in total. The molecule has 2 heterocycles. The second-order valence-corrected chi connectivity index (χ2v) is 4.71. The van der Waals surface area contributed by atoms with Crippen LogP contribution in [-0.4, -0.2) is 30.6 Å². The zero-order chi connectivity index (χ0) is 14.1. The van der Waals surface area contributed by atoms with Crippen molar-refractivity contribution in [1.29, 1.82) is 5.26 Å². The molecule has 1 aromatic carbocycles. The Kier molecular flexibility index (Phi) is 3.14. The molecule has 20 heavy (non-hydrogen) atoms. The first-order chi connectivity index (χ1) is 9.69. The van der Waals surface area contributed by atoms with E-state index in [1.807, 2.05) is 12.1 Å². The number of hydrogen-bond donors (Lipinski definition) is 3. The predicted molar refractivity (Wildman–Crippen MR) is 69.0 cm³/mol. The number of rotatable bonds is 1. The summed E-state index contributed by atoms with van der Waals surface area (Å²) >= 11 is 0. The highest BCUT2D eigenvalue weighted by Gasteiger charge is 2.33. The Hall–Kier alpha value is -2.36. The molecule has 2 atom stereocenters. The second kappa shape index (κ2) is 4.96. The Morgan fingerprint density at radius 2 is 2.05 bits per heavy atom. The Balaban J connectivity index is 1.98. The Morgan fingerprint density at radius 3 is 2.75 bits per heavy atom. The van der Waals surface area contributed by atoms with Gasteiger partial charge in [-0.25, -0.2) is 0 Å². The number of hydrogen-bond acceptors (Lipinski definition) is 5. The van der Waals surface area contributed by atoms with E-state index in [0.717, 1.165) is 5.56 Å². The summed E-state index contributed by atoms with van der Waals surface area (Å²) in [7, 11) is 0. The van der Waals surface area contributed by atoms with Gasteiger partial charge >= 0.3 is 0 Å². The molecule has 0 radical (unpaired) electrons. The number of nitriles is 1. The fraction of sp³-hybridized carbons (Fsp3) is 0.286. The van der Waals surface area contributed by atoms with Crippen LogP contribution in [0.25, 0.3) is 0 Å². The number of carbonyl (C=O) groups is 1. The molecule has 1 aromatic rings. The number of amides is 1. The summed E-state index contributed by atoms with van der Waals surface area (Å²) in [6.07, 6.45) is -1.08. The van der Waals surface area contributed by atoms with E-state index in [4.69, 9.17) is 10.00 Å². The first kappa shape index (κ1) is 12.7. The Labute approximate surface area is 115 Å². The maximum atomic E-state index is 11.8. The minimum atomic E-state index is -1.08. The first-order valence-electron chi connectivity index (χ1n) is 6.25. The average Bonchev–Trinajstić information content (AvgIpc) is 2.47. The van der Waals surface area contributed by atoms with Crippen molar-refractivity contribution >= 4 is 5.91 Å². The number of benzene rings is 1. The van der Waals surface area contributed by atoms with Crippen molar-refractivity contribution in [3.63, 3.8) is 0 Å². The van der Waals surface area contributed by atoms with E-state index in [0.29, 0.717) is 23.4 Å². The lowest BCUT2D eigenvalue weighted by Gasteiger charge is -2.34. The van der Waals surface area contributed by atoms with Crippen LogP contribution in [0.2, 0.25) is 0 Å². The quantitative estimate of drug-likeness (QED) is 0.664. The maximum absolute atomic E-state index is 11.8. The third-order valence-corrected chi connectivity index (χ3v) is 3.48. The van der Waals surface area contributed by atoms with Crippen LogP contribution >= 0.6 is 0 Å². The van der Waals surface area contributed by atoms with E-state index >= 15 is 0 Å². The van der Waals surface area contributed by atoms with Gasteiger partial charge in [-0.1, -0.05) is 12.1 Å². The summed E-state index contributed by atoms with van der Waals surface area (Å²) in [6.45, 7) is 0.658. The van der Waals surface area contributed by atoms with Crippen molar-refractivity contribution in [3.05, 3.63) is 46.7 Å². The summed E-state index contributed by atoms with van der Waals surface area (Å²) in [5.74, 6) is -0.461. The third kappa shape index (κ3) is 2.13. The molecular formula is C14H13N3O3. The molecule has 2 aliphatic heterocycles. The first-order valence-corrected chi connectivity index (χ1v) is 6.25. The van der Waals surface area contributed by atoms with Crippen molar-refractivity contribution in [2.75, 3.05) is 13.2 Å². The van der Waals surface area contributed by atoms with Crippen molar-refractivity contribution in [1.82, 2.24) is 10.6 Å². The lowest BCUT2D eigenvalue weighted by molar-refractivity contribution is -0.123. The maximum Gasteiger partial charge on any atom is 0.254 e. The zero-order valence-electron chi connectivity index (χ0n) is 10.6. The fourth-order valence-corrected chi connectivity index (χ4v) is 2.47.